The number of aromatic nitrogens is 3. The van der Waals surface area contributed by atoms with Crippen LogP contribution in [0.1, 0.15) is 27.2 Å². The van der Waals surface area contributed by atoms with Gasteiger partial charge in [-0.1, -0.05) is 6.07 Å². The highest BCUT2D eigenvalue weighted by molar-refractivity contribution is 5.89. The summed E-state index contributed by atoms with van der Waals surface area (Å²) < 4.78 is 42.3. The molecule has 4 rings (SSSR count). The molecule has 0 aliphatic carbocycles. The van der Waals surface area contributed by atoms with Crippen LogP contribution in [-0.4, -0.2) is 25.4 Å². The summed E-state index contributed by atoms with van der Waals surface area (Å²) in [5, 5.41) is 22.9. The Morgan fingerprint density at radius 2 is 1.76 bits per heavy atom. The van der Waals surface area contributed by atoms with E-state index in [1.54, 1.807) is 30.3 Å². The van der Waals surface area contributed by atoms with Crippen molar-refractivity contribution < 1.29 is 23.1 Å². The van der Waals surface area contributed by atoms with Crippen LogP contribution in [0.25, 0.3) is 22.6 Å². The smallest absolute Gasteiger partial charge is 0.416 e. The molecule has 0 amide bonds. The Kier molecular flexibility index (Phi) is 5.55. The van der Waals surface area contributed by atoms with Gasteiger partial charge in [-0.2, -0.15) is 23.5 Å². The Morgan fingerprint density at radius 1 is 1.06 bits per heavy atom. The lowest BCUT2D eigenvalue weighted by Crippen LogP contribution is -2.28. The van der Waals surface area contributed by atoms with Crippen molar-refractivity contribution in [1.82, 2.24) is 14.3 Å². The minimum absolute atomic E-state index is 0.119. The van der Waals surface area contributed by atoms with E-state index in [4.69, 9.17) is 5.26 Å². The van der Waals surface area contributed by atoms with Crippen LogP contribution in [0.2, 0.25) is 0 Å². The van der Waals surface area contributed by atoms with Gasteiger partial charge in [0.2, 0.25) is 0 Å². The monoisotopic (exact) mass is 464 g/mol. The average Bonchev–Trinajstić information content (AvgIpc) is 3.28. The number of alkyl halides is 3. The molecule has 0 saturated heterocycles. The van der Waals surface area contributed by atoms with Gasteiger partial charge < -0.3 is 5.11 Å². The molecule has 0 aliphatic heterocycles. The van der Waals surface area contributed by atoms with E-state index in [0.717, 1.165) is 22.8 Å². The summed E-state index contributed by atoms with van der Waals surface area (Å²) >= 11 is 0. The number of rotatable bonds is 4. The molecule has 0 atom stereocenters. The normalized spacial score (nSPS) is 11.3. The molecule has 10 heteroatoms. The highest BCUT2D eigenvalue weighted by Crippen LogP contribution is 2.32. The number of carboxylic acids is 1. The van der Waals surface area contributed by atoms with Crippen LogP contribution in [0.5, 0.6) is 0 Å². The largest absolute Gasteiger partial charge is 0.477 e. The summed E-state index contributed by atoms with van der Waals surface area (Å²) in [5.41, 5.74) is -0.742. The van der Waals surface area contributed by atoms with Crippen LogP contribution < -0.4 is 5.56 Å². The SMILES string of the molecule is Cc1c(-c2ccnn2-c2ccc(C#N)cc2)cc(C(=O)O)c(=O)n1-c1cccc(C(F)(F)F)c1. The van der Waals surface area contributed by atoms with E-state index in [-0.39, 0.29) is 16.9 Å². The second-order valence-corrected chi connectivity index (χ2v) is 7.34. The molecular formula is C24H15F3N4O3. The fourth-order valence-electron chi connectivity index (χ4n) is 3.64. The summed E-state index contributed by atoms with van der Waals surface area (Å²) in [5.74, 6) is -1.52. The van der Waals surface area contributed by atoms with Gasteiger partial charge in [0.1, 0.15) is 5.56 Å². The first-order valence-electron chi connectivity index (χ1n) is 9.84. The average molecular weight is 464 g/mol. The van der Waals surface area contributed by atoms with E-state index in [2.05, 4.69) is 5.10 Å². The van der Waals surface area contributed by atoms with E-state index in [1.807, 2.05) is 6.07 Å². The van der Waals surface area contributed by atoms with Crippen molar-refractivity contribution in [1.29, 1.82) is 5.26 Å². The van der Waals surface area contributed by atoms with Crippen LogP contribution in [0.3, 0.4) is 0 Å². The minimum atomic E-state index is -4.64. The van der Waals surface area contributed by atoms with Crippen molar-refractivity contribution in [3.8, 4) is 28.7 Å². The Hall–Kier alpha value is -4.65. The first-order chi connectivity index (χ1) is 16.1. The molecule has 4 aromatic rings. The molecule has 0 unspecified atom stereocenters. The van der Waals surface area contributed by atoms with Crippen molar-refractivity contribution in [2.24, 2.45) is 0 Å². The Balaban J connectivity index is 1.98. The van der Waals surface area contributed by atoms with Crippen LogP contribution in [-0.2, 0) is 6.18 Å². The number of aromatic carboxylic acids is 1. The first-order valence-corrected chi connectivity index (χ1v) is 9.84. The van der Waals surface area contributed by atoms with Crippen molar-refractivity contribution in [2.45, 2.75) is 13.1 Å². The molecule has 1 N–H and O–H groups in total. The standard InChI is InChI=1S/C24H15F3N4O3/c1-14-19(21-9-10-29-31(21)17-7-5-15(13-28)6-8-17)12-20(23(33)34)22(32)30(14)18-4-2-3-16(11-18)24(25,26)27/h2-12H,1H3,(H,33,34). The zero-order chi connectivity index (χ0) is 24.6. The Labute approximate surface area is 190 Å². The van der Waals surface area contributed by atoms with Crippen LogP contribution >= 0.6 is 0 Å². The molecule has 2 aromatic heterocycles. The number of hydrogen-bond donors (Lipinski definition) is 1. The highest BCUT2D eigenvalue weighted by Gasteiger charge is 2.31. The molecule has 0 bridgehead atoms. The first kappa shape index (κ1) is 22.5. The second-order valence-electron chi connectivity index (χ2n) is 7.34. The molecule has 0 aliphatic rings. The van der Waals surface area contributed by atoms with E-state index in [9.17, 15) is 27.9 Å². The van der Waals surface area contributed by atoms with Crippen molar-refractivity contribution >= 4 is 5.97 Å². The molecule has 0 fully saturated rings. The maximum Gasteiger partial charge on any atom is 0.416 e. The number of nitriles is 1. The van der Waals surface area contributed by atoms with E-state index >= 15 is 0 Å². The summed E-state index contributed by atoms with van der Waals surface area (Å²) in [4.78, 5) is 24.8. The molecule has 34 heavy (non-hydrogen) atoms. The van der Waals surface area contributed by atoms with Gasteiger partial charge in [-0.25, -0.2) is 9.48 Å². The number of pyridine rings is 1. The lowest BCUT2D eigenvalue weighted by Gasteiger charge is -2.18. The second kappa shape index (κ2) is 8.37. The molecule has 2 aromatic carbocycles. The number of carboxylic acid groups (broad SMARTS) is 1. The maximum atomic E-state index is 13.3. The number of halogens is 3. The van der Waals surface area contributed by atoms with Crippen molar-refractivity contribution in [3.05, 3.63) is 99.6 Å². The number of benzene rings is 2. The van der Waals surface area contributed by atoms with E-state index < -0.39 is 28.8 Å². The Bertz CT molecular complexity index is 1510. The van der Waals surface area contributed by atoms with E-state index in [0.29, 0.717) is 16.9 Å². The Morgan fingerprint density at radius 3 is 2.38 bits per heavy atom. The highest BCUT2D eigenvalue weighted by atomic mass is 19.4. The summed E-state index contributed by atoms with van der Waals surface area (Å²) in [7, 11) is 0. The van der Waals surface area contributed by atoms with Gasteiger partial charge >= 0.3 is 12.1 Å². The zero-order valence-corrected chi connectivity index (χ0v) is 17.5. The summed E-state index contributed by atoms with van der Waals surface area (Å²) in [6, 6.07) is 15.3. The molecule has 0 radical (unpaired) electrons. The van der Waals surface area contributed by atoms with Gasteiger partial charge in [-0.05, 0) is 61.5 Å². The van der Waals surface area contributed by atoms with Crippen LogP contribution in [0.4, 0.5) is 13.2 Å². The third-order valence-electron chi connectivity index (χ3n) is 5.27. The molecule has 2 heterocycles. The predicted molar refractivity (Wildman–Crippen MR) is 116 cm³/mol. The van der Waals surface area contributed by atoms with Gasteiger partial charge in [0.05, 0.1) is 34.8 Å². The fourth-order valence-corrected chi connectivity index (χ4v) is 3.64. The van der Waals surface area contributed by atoms with Gasteiger partial charge in [0.15, 0.2) is 0 Å². The van der Waals surface area contributed by atoms with Crippen LogP contribution in [0, 0.1) is 18.3 Å². The van der Waals surface area contributed by atoms with Gasteiger partial charge in [-0.15, -0.1) is 0 Å². The number of carbonyl (C=O) groups is 1. The molecule has 7 nitrogen and oxygen atoms in total. The topological polar surface area (TPSA) is 101 Å². The van der Waals surface area contributed by atoms with Gasteiger partial charge in [-0.3, -0.25) is 9.36 Å². The lowest BCUT2D eigenvalue weighted by molar-refractivity contribution is -0.137. The summed E-state index contributed by atoms with van der Waals surface area (Å²) in [6.07, 6.45) is -3.18. The summed E-state index contributed by atoms with van der Waals surface area (Å²) in [6.45, 7) is 1.51. The maximum absolute atomic E-state index is 13.3. The quantitative estimate of drug-likeness (QED) is 0.476. The van der Waals surface area contributed by atoms with Crippen molar-refractivity contribution in [3.63, 3.8) is 0 Å². The minimum Gasteiger partial charge on any atom is -0.477 e. The third-order valence-corrected chi connectivity index (χ3v) is 5.27. The van der Waals surface area contributed by atoms with Crippen molar-refractivity contribution in [2.75, 3.05) is 0 Å². The van der Waals surface area contributed by atoms with Gasteiger partial charge in [0, 0.05) is 16.9 Å². The number of nitrogens with zero attached hydrogens (tertiary/aromatic N) is 4. The number of hydrogen-bond acceptors (Lipinski definition) is 4. The third kappa shape index (κ3) is 3.95. The van der Waals surface area contributed by atoms with Gasteiger partial charge in [0.25, 0.3) is 5.56 Å². The predicted octanol–water partition coefficient (Wildman–Crippen LogP) is 4.59. The molecule has 0 saturated carbocycles. The van der Waals surface area contributed by atoms with E-state index in [1.165, 1.54) is 29.9 Å². The lowest BCUT2D eigenvalue weighted by atomic mass is 10.1. The molecule has 170 valence electrons. The molecule has 0 spiro atoms. The van der Waals surface area contributed by atoms with Crippen LogP contribution in [0.15, 0.2) is 71.7 Å². The fraction of sp³-hybridized carbons (Fsp3) is 0.0833. The zero-order valence-electron chi connectivity index (χ0n) is 17.5. The molecular weight excluding hydrogens is 449 g/mol.